The van der Waals surface area contributed by atoms with E-state index in [-0.39, 0.29) is 0 Å². The van der Waals surface area contributed by atoms with Crippen LogP contribution in [0.25, 0.3) is 0 Å². The first-order chi connectivity index (χ1) is 6.35. The Morgan fingerprint density at radius 2 is 2.31 bits per heavy atom. The average molecular weight is 184 g/mol. The standard InChI is InChI=1S/C7H16N6/c1-10-4-5-12-7(13-6-9)11-3-2-8/h10H,2-5,8H2,1H3,(H2,11,12,13). The van der Waals surface area contributed by atoms with Crippen LogP contribution in [0, 0.1) is 11.5 Å². The van der Waals surface area contributed by atoms with Gasteiger partial charge in [0.15, 0.2) is 6.19 Å². The van der Waals surface area contributed by atoms with Crippen molar-refractivity contribution in [2.24, 2.45) is 10.7 Å². The van der Waals surface area contributed by atoms with Gasteiger partial charge in [0.1, 0.15) is 0 Å². The normalized spacial score (nSPS) is 10.7. The second-order valence-corrected chi connectivity index (χ2v) is 2.29. The maximum atomic E-state index is 8.36. The third-order valence-electron chi connectivity index (χ3n) is 1.24. The average Bonchev–Trinajstić information content (AvgIpc) is 2.14. The van der Waals surface area contributed by atoms with Crippen molar-refractivity contribution in [3.63, 3.8) is 0 Å². The summed E-state index contributed by atoms with van der Waals surface area (Å²) in [6.45, 7) is 2.52. The SMILES string of the molecule is CNCCNC(=NCCN)NC#N. The molecule has 0 radical (unpaired) electrons. The zero-order valence-corrected chi connectivity index (χ0v) is 7.80. The van der Waals surface area contributed by atoms with Gasteiger partial charge in [0, 0.05) is 19.6 Å². The van der Waals surface area contributed by atoms with Crippen LogP contribution in [0.5, 0.6) is 0 Å². The number of hydrogen-bond donors (Lipinski definition) is 4. The summed E-state index contributed by atoms with van der Waals surface area (Å²) in [5, 5.41) is 16.7. The lowest BCUT2D eigenvalue weighted by Crippen LogP contribution is -2.38. The van der Waals surface area contributed by atoms with Gasteiger partial charge in [-0.2, -0.15) is 5.26 Å². The highest BCUT2D eigenvalue weighted by molar-refractivity contribution is 5.81. The molecule has 0 aromatic carbocycles. The summed E-state index contributed by atoms with van der Waals surface area (Å²) < 4.78 is 0. The molecule has 0 saturated carbocycles. The number of likely N-dealkylation sites (N-methyl/N-ethyl adjacent to an activating group) is 1. The molecule has 0 rings (SSSR count). The molecule has 0 fully saturated rings. The number of nitrogens with zero attached hydrogens (tertiary/aromatic N) is 2. The molecule has 0 spiro atoms. The van der Waals surface area contributed by atoms with E-state index in [0.717, 1.165) is 6.54 Å². The van der Waals surface area contributed by atoms with Gasteiger partial charge in [0.05, 0.1) is 6.54 Å². The lowest BCUT2D eigenvalue weighted by Gasteiger charge is -2.06. The summed E-state index contributed by atoms with van der Waals surface area (Å²) in [6.07, 6.45) is 1.80. The number of nitrogens with two attached hydrogens (primary N) is 1. The van der Waals surface area contributed by atoms with E-state index in [0.29, 0.717) is 25.6 Å². The molecule has 0 aromatic rings. The minimum atomic E-state index is 0.475. The van der Waals surface area contributed by atoms with Crippen molar-refractivity contribution in [2.45, 2.75) is 0 Å². The molecule has 5 N–H and O–H groups in total. The van der Waals surface area contributed by atoms with Crippen LogP contribution in [0.3, 0.4) is 0 Å². The molecule has 0 saturated heterocycles. The van der Waals surface area contributed by atoms with E-state index < -0.39 is 0 Å². The van der Waals surface area contributed by atoms with E-state index in [1.807, 2.05) is 7.05 Å². The third-order valence-corrected chi connectivity index (χ3v) is 1.24. The Balaban J connectivity index is 3.74. The highest BCUT2D eigenvalue weighted by Crippen LogP contribution is 1.69. The highest BCUT2D eigenvalue weighted by atomic mass is 15.2. The van der Waals surface area contributed by atoms with Crippen LogP contribution in [0.1, 0.15) is 0 Å². The van der Waals surface area contributed by atoms with E-state index >= 15 is 0 Å². The second-order valence-electron chi connectivity index (χ2n) is 2.29. The largest absolute Gasteiger partial charge is 0.354 e. The first kappa shape index (κ1) is 11.7. The lowest BCUT2D eigenvalue weighted by molar-refractivity contribution is 0.746. The van der Waals surface area contributed by atoms with Crippen molar-refractivity contribution in [3.05, 3.63) is 0 Å². The summed E-state index contributed by atoms with van der Waals surface area (Å²) in [4.78, 5) is 4.02. The molecule has 0 amide bonds. The van der Waals surface area contributed by atoms with Crippen LogP contribution in [0.2, 0.25) is 0 Å². The molecule has 0 aromatic heterocycles. The van der Waals surface area contributed by atoms with Crippen molar-refractivity contribution in [2.75, 3.05) is 33.2 Å². The van der Waals surface area contributed by atoms with Crippen LogP contribution in [-0.2, 0) is 0 Å². The van der Waals surface area contributed by atoms with Gasteiger partial charge in [-0.05, 0) is 7.05 Å². The Bertz CT molecular complexity index is 182. The molecule has 74 valence electrons. The van der Waals surface area contributed by atoms with E-state index in [4.69, 9.17) is 11.0 Å². The molecule has 0 unspecified atom stereocenters. The number of nitrogens with one attached hydrogen (secondary N) is 3. The van der Waals surface area contributed by atoms with Gasteiger partial charge in [0.25, 0.3) is 0 Å². The molecular formula is C7H16N6. The molecule has 0 aliphatic heterocycles. The summed E-state index contributed by atoms with van der Waals surface area (Å²) in [7, 11) is 1.86. The van der Waals surface area contributed by atoms with E-state index in [2.05, 4.69) is 20.9 Å². The minimum Gasteiger partial charge on any atom is -0.354 e. The predicted molar refractivity (Wildman–Crippen MR) is 52.0 cm³/mol. The maximum absolute atomic E-state index is 8.36. The van der Waals surface area contributed by atoms with Gasteiger partial charge in [-0.15, -0.1) is 0 Å². The van der Waals surface area contributed by atoms with Crippen LogP contribution < -0.4 is 21.7 Å². The van der Waals surface area contributed by atoms with Crippen molar-refractivity contribution < 1.29 is 0 Å². The maximum Gasteiger partial charge on any atom is 0.204 e. The van der Waals surface area contributed by atoms with Gasteiger partial charge in [-0.25, -0.2) is 0 Å². The van der Waals surface area contributed by atoms with Gasteiger partial charge in [0.2, 0.25) is 5.96 Å². The molecule has 0 bridgehead atoms. The van der Waals surface area contributed by atoms with Crippen molar-refractivity contribution >= 4 is 5.96 Å². The molecular weight excluding hydrogens is 168 g/mol. The first-order valence-corrected chi connectivity index (χ1v) is 4.13. The Hall–Kier alpha value is -1.32. The molecule has 0 aliphatic rings. The number of hydrogen-bond acceptors (Lipinski definition) is 4. The molecule has 6 heteroatoms. The zero-order chi connectivity index (χ0) is 9.94. The molecule has 0 aliphatic carbocycles. The van der Waals surface area contributed by atoms with E-state index in [1.54, 1.807) is 6.19 Å². The van der Waals surface area contributed by atoms with Crippen LogP contribution in [0.15, 0.2) is 4.99 Å². The third kappa shape index (κ3) is 7.05. The Kier molecular flexibility index (Phi) is 7.88. The highest BCUT2D eigenvalue weighted by Gasteiger charge is 1.93. The van der Waals surface area contributed by atoms with Gasteiger partial charge < -0.3 is 16.4 Å². The fraction of sp³-hybridized carbons (Fsp3) is 0.714. The lowest BCUT2D eigenvalue weighted by atomic mass is 10.6. The van der Waals surface area contributed by atoms with Gasteiger partial charge in [-0.1, -0.05) is 0 Å². The van der Waals surface area contributed by atoms with Gasteiger partial charge >= 0.3 is 0 Å². The summed E-state index contributed by atoms with van der Waals surface area (Å²) in [5.41, 5.74) is 5.27. The summed E-state index contributed by atoms with van der Waals surface area (Å²) in [6, 6.07) is 0. The smallest absolute Gasteiger partial charge is 0.204 e. The monoisotopic (exact) mass is 184 g/mol. The van der Waals surface area contributed by atoms with E-state index in [1.165, 1.54) is 0 Å². The topological polar surface area (TPSA) is 98.3 Å². The van der Waals surface area contributed by atoms with E-state index in [9.17, 15) is 0 Å². The quantitative estimate of drug-likeness (QED) is 0.133. The Morgan fingerprint density at radius 3 is 2.85 bits per heavy atom. The predicted octanol–water partition coefficient (Wildman–Crippen LogP) is -1.82. The summed E-state index contributed by atoms with van der Waals surface area (Å²) in [5.74, 6) is 0.475. The van der Waals surface area contributed by atoms with Crippen LogP contribution >= 0.6 is 0 Å². The molecule has 0 atom stereocenters. The molecule has 0 heterocycles. The first-order valence-electron chi connectivity index (χ1n) is 4.13. The van der Waals surface area contributed by atoms with Crippen LogP contribution in [0.4, 0.5) is 0 Å². The number of aliphatic imine (C=N–C) groups is 1. The Labute approximate surface area is 78.2 Å². The fourth-order valence-electron chi connectivity index (χ4n) is 0.675. The molecule has 6 nitrogen and oxygen atoms in total. The zero-order valence-electron chi connectivity index (χ0n) is 7.80. The number of nitriles is 1. The molecule has 13 heavy (non-hydrogen) atoms. The van der Waals surface area contributed by atoms with Crippen LogP contribution in [-0.4, -0.2) is 39.2 Å². The fourth-order valence-corrected chi connectivity index (χ4v) is 0.675. The minimum absolute atomic E-state index is 0.475. The summed E-state index contributed by atoms with van der Waals surface area (Å²) >= 11 is 0. The van der Waals surface area contributed by atoms with Crippen molar-refractivity contribution in [3.8, 4) is 6.19 Å². The number of rotatable bonds is 5. The Morgan fingerprint density at radius 1 is 1.54 bits per heavy atom. The number of guanidine groups is 1. The van der Waals surface area contributed by atoms with Crippen molar-refractivity contribution in [1.82, 2.24) is 16.0 Å². The van der Waals surface area contributed by atoms with Gasteiger partial charge in [-0.3, -0.25) is 10.3 Å². The second kappa shape index (κ2) is 8.77. The van der Waals surface area contributed by atoms with Crippen molar-refractivity contribution in [1.29, 1.82) is 5.26 Å².